The number of benzene rings is 3. The van der Waals surface area contributed by atoms with E-state index in [9.17, 15) is 29.1 Å². The van der Waals surface area contributed by atoms with Gasteiger partial charge in [-0.3, -0.25) is 23.7 Å². The maximum atomic E-state index is 14.2. The molecule has 0 aliphatic heterocycles. The molecular weight excluding hydrogens is 626 g/mol. The van der Waals surface area contributed by atoms with Crippen molar-refractivity contribution in [1.29, 1.82) is 0 Å². The summed E-state index contributed by atoms with van der Waals surface area (Å²) in [6, 6.07) is 22.1. The maximum Gasteiger partial charge on any atom is 0.408 e. The van der Waals surface area contributed by atoms with Crippen LogP contribution >= 0.6 is 0 Å². The van der Waals surface area contributed by atoms with Gasteiger partial charge < -0.3 is 30.7 Å². The molecule has 4 amide bonds. The van der Waals surface area contributed by atoms with Gasteiger partial charge in [0, 0.05) is 38.0 Å². The van der Waals surface area contributed by atoms with Crippen LogP contribution in [0.4, 0.5) is 4.79 Å². The van der Waals surface area contributed by atoms with E-state index in [1.807, 2.05) is 60.7 Å². The predicted octanol–water partition coefficient (Wildman–Crippen LogP) is 2.98. The Morgan fingerprint density at radius 3 is 1.98 bits per heavy atom. The lowest BCUT2D eigenvalue weighted by Crippen LogP contribution is -2.58. The molecule has 4 N–H and O–H groups in total. The quantitative estimate of drug-likeness (QED) is 0.150. The molecule has 12 nitrogen and oxygen atoms in total. The summed E-state index contributed by atoms with van der Waals surface area (Å²) in [5.41, 5.74) is 2.05. The fourth-order valence-corrected chi connectivity index (χ4v) is 5.40. The number of nitrogens with one attached hydrogen (secondary N) is 3. The number of alkyl carbamates (subject to hydrolysis) is 1. The second-order valence-corrected chi connectivity index (χ2v) is 12.8. The molecule has 0 fully saturated rings. The third-order valence-electron chi connectivity index (χ3n) is 7.72. The number of ether oxygens (including phenoxy) is 1. The van der Waals surface area contributed by atoms with E-state index in [1.165, 1.54) is 9.47 Å². The number of hydrogen-bond acceptors (Lipinski definition) is 7. The first kappa shape index (κ1) is 36.3. The molecule has 0 bridgehead atoms. The Kier molecular flexibility index (Phi) is 12.3. The van der Waals surface area contributed by atoms with Crippen molar-refractivity contribution < 1.29 is 33.8 Å². The van der Waals surface area contributed by atoms with Crippen LogP contribution in [-0.4, -0.2) is 82.2 Å². The zero-order valence-corrected chi connectivity index (χ0v) is 28.1. The lowest BCUT2D eigenvalue weighted by Gasteiger charge is -2.28. The number of amides is 4. The van der Waals surface area contributed by atoms with Crippen molar-refractivity contribution in [2.45, 2.75) is 63.9 Å². The van der Waals surface area contributed by atoms with Gasteiger partial charge in [0.2, 0.25) is 24.1 Å². The first-order chi connectivity index (χ1) is 23.4. The van der Waals surface area contributed by atoms with Gasteiger partial charge in [0.25, 0.3) is 0 Å². The molecule has 0 aliphatic rings. The van der Waals surface area contributed by atoms with Gasteiger partial charge in [-0.1, -0.05) is 78.9 Å². The van der Waals surface area contributed by atoms with Crippen molar-refractivity contribution >= 4 is 41.1 Å². The van der Waals surface area contributed by atoms with Gasteiger partial charge in [-0.05, 0) is 43.5 Å². The fraction of sp³-hybridized carbons (Fsp3) is 0.324. The Labute approximate surface area is 285 Å². The number of para-hydroxylation sites is 1. The van der Waals surface area contributed by atoms with Crippen LogP contribution in [-0.2, 0) is 43.3 Å². The van der Waals surface area contributed by atoms with E-state index in [0.717, 1.165) is 11.1 Å². The zero-order chi connectivity index (χ0) is 35.6. The molecule has 0 radical (unpaired) electrons. The highest BCUT2D eigenvalue weighted by Crippen LogP contribution is 2.22. The van der Waals surface area contributed by atoms with E-state index < -0.39 is 48.2 Å². The molecule has 12 heteroatoms. The summed E-state index contributed by atoms with van der Waals surface area (Å²) in [5, 5.41) is 18.5. The number of aromatic nitrogens is 1. The van der Waals surface area contributed by atoms with Crippen LogP contribution in [0.3, 0.4) is 0 Å². The lowest BCUT2D eigenvalue weighted by atomic mass is 10.0. The summed E-state index contributed by atoms with van der Waals surface area (Å²) in [4.78, 5) is 67.3. The first-order valence-corrected chi connectivity index (χ1v) is 16.0. The van der Waals surface area contributed by atoms with Crippen molar-refractivity contribution in [1.82, 2.24) is 25.4 Å². The van der Waals surface area contributed by atoms with Crippen molar-refractivity contribution in [3.05, 3.63) is 108 Å². The van der Waals surface area contributed by atoms with Gasteiger partial charge in [-0.2, -0.15) is 0 Å². The minimum absolute atomic E-state index is 0.0738. The smallest absolute Gasteiger partial charge is 0.408 e. The standard InChI is InChI=1S/C37H43N5O7/c1-37(2,3)49-36(48)40-31(23-43)34(46)38-29(20-27-22-42(24-44)32-18-12-11-17-28(27)32)33(45)39-30(19-25-13-7-5-8-14-25)35(47)41(4)21-26-15-9-6-10-16-26/h5-18,22,24,29-31,43H,19-21,23H2,1-4H3,(H,38,46)(H,39,45)(H,40,48)/t29-,30+,31+/m1/s1. The molecule has 0 saturated heterocycles. The molecule has 49 heavy (non-hydrogen) atoms. The van der Waals surface area contributed by atoms with Gasteiger partial charge >= 0.3 is 6.09 Å². The van der Waals surface area contributed by atoms with Crippen LogP contribution in [0.5, 0.6) is 0 Å². The highest BCUT2D eigenvalue weighted by Gasteiger charge is 2.32. The third-order valence-corrected chi connectivity index (χ3v) is 7.72. The van der Waals surface area contributed by atoms with Gasteiger partial charge in [0.15, 0.2) is 0 Å². The maximum absolute atomic E-state index is 14.2. The largest absolute Gasteiger partial charge is 0.444 e. The van der Waals surface area contributed by atoms with Gasteiger partial charge in [0.05, 0.1) is 12.1 Å². The van der Waals surface area contributed by atoms with E-state index in [4.69, 9.17) is 4.74 Å². The second kappa shape index (κ2) is 16.6. The summed E-state index contributed by atoms with van der Waals surface area (Å²) >= 11 is 0. The number of carbonyl (C=O) groups excluding carboxylic acids is 5. The summed E-state index contributed by atoms with van der Waals surface area (Å²) in [7, 11) is 1.65. The zero-order valence-electron chi connectivity index (χ0n) is 28.1. The number of aliphatic hydroxyl groups is 1. The molecule has 0 unspecified atom stereocenters. The Morgan fingerprint density at radius 1 is 0.796 bits per heavy atom. The number of fused-ring (bicyclic) bond motifs is 1. The summed E-state index contributed by atoms with van der Waals surface area (Å²) in [6.45, 7) is 4.49. The Bertz CT molecular complexity index is 1750. The summed E-state index contributed by atoms with van der Waals surface area (Å²) < 4.78 is 6.61. The van der Waals surface area contributed by atoms with Crippen molar-refractivity contribution in [3.8, 4) is 0 Å². The van der Waals surface area contributed by atoms with Gasteiger partial charge in [-0.25, -0.2) is 4.79 Å². The van der Waals surface area contributed by atoms with E-state index in [2.05, 4.69) is 16.0 Å². The van der Waals surface area contributed by atoms with Crippen LogP contribution in [0, 0.1) is 0 Å². The number of likely N-dealkylation sites (N-methyl/N-ethyl adjacent to an activating group) is 1. The van der Waals surface area contributed by atoms with Crippen LogP contribution < -0.4 is 16.0 Å². The monoisotopic (exact) mass is 669 g/mol. The fourth-order valence-electron chi connectivity index (χ4n) is 5.40. The number of rotatable bonds is 14. The molecule has 3 aromatic carbocycles. The molecule has 0 saturated carbocycles. The normalized spacial score (nSPS) is 13.1. The molecule has 1 aromatic heterocycles. The van der Waals surface area contributed by atoms with Crippen molar-refractivity contribution in [3.63, 3.8) is 0 Å². The number of nitrogens with zero attached hydrogens (tertiary/aromatic N) is 2. The number of carbonyl (C=O) groups is 5. The molecule has 4 rings (SSSR count). The molecule has 3 atom stereocenters. The van der Waals surface area contributed by atoms with Crippen LogP contribution in [0.15, 0.2) is 91.1 Å². The number of aliphatic hydroxyl groups excluding tert-OH is 1. The van der Waals surface area contributed by atoms with Crippen LogP contribution in [0.1, 0.15) is 37.5 Å². The molecule has 258 valence electrons. The average Bonchev–Trinajstić information content (AvgIpc) is 3.43. The SMILES string of the molecule is CN(Cc1ccccc1)C(=O)[C@H](Cc1ccccc1)NC(=O)[C@@H](Cc1cn(C=O)c2ccccc12)NC(=O)[C@H](CO)NC(=O)OC(C)(C)C. The van der Waals surface area contributed by atoms with Crippen molar-refractivity contribution in [2.24, 2.45) is 0 Å². The van der Waals surface area contributed by atoms with E-state index in [1.54, 1.807) is 58.3 Å². The minimum atomic E-state index is -1.44. The third kappa shape index (κ3) is 10.2. The van der Waals surface area contributed by atoms with E-state index in [0.29, 0.717) is 29.4 Å². The average molecular weight is 670 g/mol. The Hall–Kier alpha value is -5.49. The number of hydrogen-bond donors (Lipinski definition) is 4. The van der Waals surface area contributed by atoms with E-state index in [-0.39, 0.29) is 18.7 Å². The highest BCUT2D eigenvalue weighted by molar-refractivity contribution is 5.95. The molecular formula is C37H43N5O7. The van der Waals surface area contributed by atoms with Gasteiger partial charge in [-0.15, -0.1) is 0 Å². The molecule has 4 aromatic rings. The van der Waals surface area contributed by atoms with Crippen LogP contribution in [0.2, 0.25) is 0 Å². The topological polar surface area (TPSA) is 159 Å². The summed E-state index contributed by atoms with van der Waals surface area (Å²) in [6.07, 6.45) is 1.40. The highest BCUT2D eigenvalue weighted by atomic mass is 16.6. The summed E-state index contributed by atoms with van der Waals surface area (Å²) in [5.74, 6) is -1.86. The Balaban J connectivity index is 1.64. The molecule has 0 spiro atoms. The minimum Gasteiger partial charge on any atom is -0.444 e. The van der Waals surface area contributed by atoms with Crippen LogP contribution in [0.25, 0.3) is 10.9 Å². The predicted molar refractivity (Wildman–Crippen MR) is 185 cm³/mol. The van der Waals surface area contributed by atoms with E-state index >= 15 is 0 Å². The first-order valence-electron chi connectivity index (χ1n) is 16.0. The van der Waals surface area contributed by atoms with Crippen molar-refractivity contribution in [2.75, 3.05) is 13.7 Å². The molecule has 0 aliphatic carbocycles. The second-order valence-electron chi connectivity index (χ2n) is 12.8. The Morgan fingerprint density at radius 2 is 1.37 bits per heavy atom. The lowest BCUT2D eigenvalue weighted by molar-refractivity contribution is -0.137. The van der Waals surface area contributed by atoms with Gasteiger partial charge in [0.1, 0.15) is 23.7 Å². The molecule has 1 heterocycles.